The first kappa shape index (κ1) is 23.4. The van der Waals surface area contributed by atoms with Gasteiger partial charge in [0.25, 0.3) is 0 Å². The molecule has 6 heteroatoms. The van der Waals surface area contributed by atoms with Crippen molar-refractivity contribution in [3.05, 3.63) is 70.2 Å². The van der Waals surface area contributed by atoms with E-state index in [1.54, 1.807) is 24.2 Å². The maximum atomic E-state index is 13.5. The molecule has 2 aliphatic carbocycles. The van der Waals surface area contributed by atoms with Crippen molar-refractivity contribution in [2.75, 3.05) is 0 Å². The number of carbonyl (C=O) groups is 2. The molecule has 0 saturated heterocycles. The van der Waals surface area contributed by atoms with Crippen molar-refractivity contribution >= 4 is 40.5 Å². The number of ketones is 2. The normalized spacial score (nSPS) is 23.4. The van der Waals surface area contributed by atoms with E-state index < -0.39 is 0 Å². The highest BCUT2D eigenvalue weighted by atomic mass is 35.5. The molecule has 0 bridgehead atoms. The molecule has 1 aromatic carbocycles. The third-order valence-corrected chi connectivity index (χ3v) is 8.39. The molecule has 1 saturated carbocycles. The first-order valence-corrected chi connectivity index (χ1v) is 12.9. The standard InChI is InChI=1S/C28H29ClN2O2S/c1-27(2)12-19-25(21(32)14-27)24(26-20(31-19)13-28(3,4)15-22(26)33)16-5-6-18(29)23(11-16)34-17-7-9-30-10-8-17/h5-11,19,31H,12-15H2,1-4H3. The Morgan fingerprint density at radius 1 is 0.941 bits per heavy atom. The van der Waals surface area contributed by atoms with Crippen LogP contribution in [-0.2, 0) is 9.59 Å². The van der Waals surface area contributed by atoms with Crippen molar-refractivity contribution < 1.29 is 9.59 Å². The Morgan fingerprint density at radius 3 is 2.38 bits per heavy atom. The number of carbonyl (C=O) groups excluding carboxylic acids is 2. The second kappa shape index (κ2) is 8.39. The van der Waals surface area contributed by atoms with E-state index in [-0.39, 0.29) is 28.4 Å². The summed E-state index contributed by atoms with van der Waals surface area (Å²) < 4.78 is 0. The summed E-state index contributed by atoms with van der Waals surface area (Å²) in [7, 11) is 0. The van der Waals surface area contributed by atoms with Gasteiger partial charge >= 0.3 is 0 Å². The van der Waals surface area contributed by atoms with Gasteiger partial charge < -0.3 is 5.32 Å². The van der Waals surface area contributed by atoms with Crippen LogP contribution < -0.4 is 5.32 Å². The number of aromatic nitrogens is 1. The van der Waals surface area contributed by atoms with Crippen molar-refractivity contribution in [1.29, 1.82) is 0 Å². The number of fused-ring (bicyclic) bond motifs is 1. The first-order chi connectivity index (χ1) is 16.0. The SMILES string of the molecule is CC1(C)CC(=O)C2=C(C1)NC1CC(C)(C)CC(=O)C1=C2c1ccc(Cl)c(Sc2ccncc2)c1. The van der Waals surface area contributed by atoms with E-state index in [4.69, 9.17) is 11.6 Å². The summed E-state index contributed by atoms with van der Waals surface area (Å²) in [6, 6.07) is 9.65. The third-order valence-electron chi connectivity index (χ3n) is 6.88. The largest absolute Gasteiger partial charge is 0.381 e. The zero-order chi connectivity index (χ0) is 24.3. The minimum atomic E-state index is -0.109. The Hall–Kier alpha value is -2.37. The van der Waals surface area contributed by atoms with Crippen LogP contribution in [-0.4, -0.2) is 22.6 Å². The van der Waals surface area contributed by atoms with E-state index >= 15 is 0 Å². The summed E-state index contributed by atoms with van der Waals surface area (Å²) in [5.74, 6) is 0.238. The zero-order valence-corrected chi connectivity index (χ0v) is 21.6. The number of hydrogen-bond donors (Lipinski definition) is 1. The van der Waals surface area contributed by atoms with Gasteiger partial charge in [0.05, 0.1) is 11.1 Å². The molecule has 2 aromatic rings. The minimum absolute atomic E-state index is 0.0846. The van der Waals surface area contributed by atoms with Crippen molar-refractivity contribution in [2.24, 2.45) is 10.8 Å². The predicted molar refractivity (Wildman–Crippen MR) is 137 cm³/mol. The molecule has 1 aromatic heterocycles. The zero-order valence-electron chi connectivity index (χ0n) is 20.0. The number of nitrogens with zero attached hydrogens (tertiary/aromatic N) is 1. The molecule has 1 N–H and O–H groups in total. The van der Waals surface area contributed by atoms with E-state index in [1.807, 2.05) is 30.3 Å². The second-order valence-electron chi connectivity index (χ2n) is 11.2. The Balaban J connectivity index is 1.68. The van der Waals surface area contributed by atoms with Gasteiger partial charge in [-0.25, -0.2) is 0 Å². The Kier molecular flexibility index (Phi) is 5.77. The topological polar surface area (TPSA) is 59.1 Å². The fourth-order valence-electron chi connectivity index (χ4n) is 5.54. The van der Waals surface area contributed by atoms with E-state index in [1.165, 1.54) is 0 Å². The minimum Gasteiger partial charge on any atom is -0.381 e. The lowest BCUT2D eigenvalue weighted by Crippen LogP contribution is -2.48. The first-order valence-electron chi connectivity index (χ1n) is 11.7. The van der Waals surface area contributed by atoms with Crippen LogP contribution in [0.1, 0.15) is 58.9 Å². The van der Waals surface area contributed by atoms with Gasteiger partial charge in [-0.1, -0.05) is 57.1 Å². The highest BCUT2D eigenvalue weighted by Gasteiger charge is 2.45. The van der Waals surface area contributed by atoms with Gasteiger partial charge in [-0.15, -0.1) is 0 Å². The summed E-state index contributed by atoms with van der Waals surface area (Å²) in [6.07, 6.45) is 6.12. The van der Waals surface area contributed by atoms with Crippen LogP contribution in [0.2, 0.25) is 5.02 Å². The number of Topliss-reactive ketones (excluding diaryl/α,β-unsaturated/α-hetero) is 2. The van der Waals surface area contributed by atoms with Crippen LogP contribution in [0.3, 0.4) is 0 Å². The lowest BCUT2D eigenvalue weighted by molar-refractivity contribution is -0.119. The number of rotatable bonds is 3. The maximum absolute atomic E-state index is 13.5. The maximum Gasteiger partial charge on any atom is 0.165 e. The van der Waals surface area contributed by atoms with Gasteiger partial charge in [-0.2, -0.15) is 0 Å². The fourth-order valence-corrected chi connectivity index (χ4v) is 6.63. The Morgan fingerprint density at radius 2 is 1.65 bits per heavy atom. The molecule has 176 valence electrons. The van der Waals surface area contributed by atoms with Gasteiger partial charge in [-0.05, 0) is 53.5 Å². The summed E-state index contributed by atoms with van der Waals surface area (Å²) in [4.78, 5) is 33.0. The van der Waals surface area contributed by atoms with Crippen molar-refractivity contribution in [2.45, 2.75) is 69.2 Å². The van der Waals surface area contributed by atoms with Crippen LogP contribution in [0.15, 0.2) is 69.4 Å². The lowest BCUT2D eigenvalue weighted by atomic mass is 9.65. The molecule has 3 aliphatic rings. The third kappa shape index (κ3) is 4.36. The number of nitrogens with one attached hydrogen (secondary N) is 1. The van der Waals surface area contributed by atoms with E-state index in [9.17, 15) is 9.59 Å². The number of hydrogen-bond acceptors (Lipinski definition) is 5. The van der Waals surface area contributed by atoms with E-state index in [0.717, 1.165) is 45.0 Å². The monoisotopic (exact) mass is 492 g/mol. The molecule has 1 unspecified atom stereocenters. The molecule has 5 rings (SSSR count). The van der Waals surface area contributed by atoms with Crippen LogP contribution in [0, 0.1) is 10.8 Å². The van der Waals surface area contributed by atoms with Gasteiger partial charge in [0.1, 0.15) is 0 Å². The van der Waals surface area contributed by atoms with Crippen LogP contribution in [0.4, 0.5) is 0 Å². The van der Waals surface area contributed by atoms with Crippen LogP contribution >= 0.6 is 23.4 Å². The summed E-state index contributed by atoms with van der Waals surface area (Å²) >= 11 is 8.14. The van der Waals surface area contributed by atoms with Crippen molar-refractivity contribution in [3.8, 4) is 0 Å². The van der Waals surface area contributed by atoms with Gasteiger partial charge in [0.2, 0.25) is 0 Å². The molecule has 4 nitrogen and oxygen atoms in total. The second-order valence-corrected chi connectivity index (χ2v) is 12.7. The van der Waals surface area contributed by atoms with Gasteiger partial charge in [0.15, 0.2) is 11.6 Å². The van der Waals surface area contributed by atoms with Crippen molar-refractivity contribution in [1.82, 2.24) is 10.3 Å². The average Bonchev–Trinajstić information content (AvgIpc) is 2.73. The highest BCUT2D eigenvalue weighted by Crippen LogP contribution is 2.49. The average molecular weight is 493 g/mol. The fraction of sp³-hybridized carbons (Fsp3) is 0.393. The lowest BCUT2D eigenvalue weighted by Gasteiger charge is -2.44. The molecule has 0 spiro atoms. The van der Waals surface area contributed by atoms with Crippen molar-refractivity contribution in [3.63, 3.8) is 0 Å². The van der Waals surface area contributed by atoms with Crippen LogP contribution in [0.5, 0.6) is 0 Å². The predicted octanol–water partition coefficient (Wildman–Crippen LogP) is 6.64. The molecule has 1 fully saturated rings. The number of halogens is 1. The number of benzene rings is 1. The van der Waals surface area contributed by atoms with Crippen LogP contribution in [0.25, 0.3) is 5.57 Å². The smallest absolute Gasteiger partial charge is 0.165 e. The molecule has 1 atom stereocenters. The molecular weight excluding hydrogens is 464 g/mol. The summed E-state index contributed by atoms with van der Waals surface area (Å²) in [5.41, 5.74) is 3.94. The molecular formula is C28H29ClN2O2S. The molecule has 1 aliphatic heterocycles. The quantitative estimate of drug-likeness (QED) is 0.520. The number of allylic oxidation sites excluding steroid dienone is 3. The molecule has 0 amide bonds. The number of dihydropyridines is 1. The molecule has 34 heavy (non-hydrogen) atoms. The number of pyridine rings is 1. The molecule has 2 heterocycles. The Bertz CT molecular complexity index is 1260. The van der Waals surface area contributed by atoms with Gasteiger partial charge in [0, 0.05) is 57.4 Å². The molecule has 0 radical (unpaired) electrons. The van der Waals surface area contributed by atoms with Gasteiger partial charge in [-0.3, -0.25) is 14.6 Å². The summed E-state index contributed by atoms with van der Waals surface area (Å²) in [6.45, 7) is 8.57. The highest BCUT2D eigenvalue weighted by molar-refractivity contribution is 7.99. The van der Waals surface area contributed by atoms with E-state index in [0.29, 0.717) is 23.4 Å². The summed E-state index contributed by atoms with van der Waals surface area (Å²) in [5, 5.41) is 4.28. The Labute approximate surface area is 210 Å². The van der Waals surface area contributed by atoms with E-state index in [2.05, 4.69) is 38.0 Å².